The third kappa shape index (κ3) is 2.42. The second-order valence-electron chi connectivity index (χ2n) is 5.05. The number of piperazine rings is 1. The lowest BCUT2D eigenvalue weighted by molar-refractivity contribution is -0.133. The van der Waals surface area contributed by atoms with Gasteiger partial charge in [-0.3, -0.25) is 4.79 Å². The Hall–Kier alpha value is -1.63. The number of carbonyl (C=O) groups excluding carboxylic acids is 1. The number of aromatic nitrogens is 2. The highest BCUT2D eigenvalue weighted by molar-refractivity contribution is 5.85. The molecule has 7 nitrogen and oxygen atoms in total. The summed E-state index contributed by atoms with van der Waals surface area (Å²) >= 11 is 0. The summed E-state index contributed by atoms with van der Waals surface area (Å²) in [6.07, 6.45) is 1.86. The second-order valence-corrected chi connectivity index (χ2v) is 5.05. The molecule has 1 amide bonds. The fourth-order valence-electron chi connectivity index (χ4n) is 2.75. The molecular formula is C12H19N5O2. The molecule has 2 saturated heterocycles. The lowest BCUT2D eigenvalue weighted by atomic mass is 10.2. The Morgan fingerprint density at radius 3 is 2.84 bits per heavy atom. The molecule has 0 aliphatic carbocycles. The molecule has 1 unspecified atom stereocenters. The highest BCUT2D eigenvalue weighted by atomic mass is 16.5. The average Bonchev–Trinajstić information content (AvgIpc) is 3.07. The van der Waals surface area contributed by atoms with E-state index in [-0.39, 0.29) is 11.9 Å². The van der Waals surface area contributed by atoms with Crippen LogP contribution in [0.3, 0.4) is 0 Å². The molecule has 0 saturated carbocycles. The Kier molecular flexibility index (Phi) is 3.37. The molecule has 0 aromatic carbocycles. The van der Waals surface area contributed by atoms with Gasteiger partial charge in [0.25, 0.3) is 0 Å². The minimum atomic E-state index is -0.141. The molecule has 0 radical (unpaired) electrons. The van der Waals surface area contributed by atoms with Gasteiger partial charge in [-0.15, -0.1) is 0 Å². The Morgan fingerprint density at radius 1 is 1.37 bits per heavy atom. The number of hydrogen-bond acceptors (Lipinski definition) is 6. The fraction of sp³-hybridized carbons (Fsp3) is 0.750. The zero-order valence-electron chi connectivity index (χ0n) is 11.1. The average molecular weight is 265 g/mol. The second kappa shape index (κ2) is 5.16. The van der Waals surface area contributed by atoms with Crippen LogP contribution in [0.2, 0.25) is 0 Å². The van der Waals surface area contributed by atoms with Gasteiger partial charge in [0, 0.05) is 32.7 Å². The summed E-state index contributed by atoms with van der Waals surface area (Å²) in [7, 11) is 0. The predicted molar refractivity (Wildman–Crippen MR) is 68.9 cm³/mol. The molecule has 104 valence electrons. The summed E-state index contributed by atoms with van der Waals surface area (Å²) in [6, 6.07) is 0.335. The van der Waals surface area contributed by atoms with Gasteiger partial charge in [0.2, 0.25) is 5.91 Å². The Labute approximate surface area is 111 Å². The number of rotatable bonds is 2. The van der Waals surface area contributed by atoms with Crippen molar-refractivity contribution in [1.29, 1.82) is 0 Å². The van der Waals surface area contributed by atoms with Crippen molar-refractivity contribution >= 4 is 11.9 Å². The summed E-state index contributed by atoms with van der Waals surface area (Å²) in [6.45, 7) is 5.91. The van der Waals surface area contributed by atoms with E-state index < -0.39 is 0 Å². The van der Waals surface area contributed by atoms with Gasteiger partial charge in [0.15, 0.2) is 5.82 Å². The molecule has 1 atom stereocenters. The topological polar surface area (TPSA) is 74.5 Å². The van der Waals surface area contributed by atoms with E-state index in [9.17, 15) is 4.79 Å². The van der Waals surface area contributed by atoms with Crippen LogP contribution in [0.15, 0.2) is 4.52 Å². The molecule has 1 aromatic rings. The van der Waals surface area contributed by atoms with Crippen LogP contribution in [0.5, 0.6) is 0 Å². The molecule has 3 rings (SSSR count). The molecule has 0 bridgehead atoms. The van der Waals surface area contributed by atoms with Crippen LogP contribution < -0.4 is 10.2 Å². The first-order chi connectivity index (χ1) is 9.25. The summed E-state index contributed by atoms with van der Waals surface area (Å²) < 4.78 is 5.20. The highest BCUT2D eigenvalue weighted by Crippen LogP contribution is 2.25. The summed E-state index contributed by atoms with van der Waals surface area (Å²) in [5, 5.41) is 7.06. The standard InChI is InChI=1S/C12H19N5O2/c1-9-14-12(19-15-9)17-6-2-3-10(17)11(18)16-7-4-13-5-8-16/h10,13H,2-8H2,1H3. The first-order valence-electron chi connectivity index (χ1n) is 6.82. The number of carbonyl (C=O) groups is 1. The van der Waals surface area contributed by atoms with E-state index in [2.05, 4.69) is 15.5 Å². The van der Waals surface area contributed by atoms with Crippen molar-refractivity contribution in [2.45, 2.75) is 25.8 Å². The minimum Gasteiger partial charge on any atom is -0.338 e. The fourth-order valence-corrected chi connectivity index (χ4v) is 2.75. The lowest BCUT2D eigenvalue weighted by Gasteiger charge is -2.32. The molecule has 2 fully saturated rings. The van der Waals surface area contributed by atoms with E-state index in [1.54, 1.807) is 6.92 Å². The van der Waals surface area contributed by atoms with E-state index in [1.165, 1.54) is 0 Å². The van der Waals surface area contributed by atoms with Gasteiger partial charge in [0.05, 0.1) is 0 Å². The van der Waals surface area contributed by atoms with Crippen LogP contribution >= 0.6 is 0 Å². The molecule has 7 heteroatoms. The number of aryl methyl sites for hydroxylation is 1. The van der Waals surface area contributed by atoms with Gasteiger partial charge in [-0.2, -0.15) is 4.98 Å². The monoisotopic (exact) mass is 265 g/mol. The zero-order chi connectivity index (χ0) is 13.2. The van der Waals surface area contributed by atoms with Crippen molar-refractivity contribution in [3.8, 4) is 0 Å². The molecule has 2 aliphatic heterocycles. The first kappa shape index (κ1) is 12.4. The SMILES string of the molecule is Cc1noc(N2CCCC2C(=O)N2CCNCC2)n1. The van der Waals surface area contributed by atoms with Crippen molar-refractivity contribution in [2.24, 2.45) is 0 Å². The Morgan fingerprint density at radius 2 is 2.16 bits per heavy atom. The van der Waals surface area contributed by atoms with Crippen LogP contribution in [0, 0.1) is 6.92 Å². The van der Waals surface area contributed by atoms with Gasteiger partial charge in [-0.05, 0) is 19.8 Å². The van der Waals surface area contributed by atoms with Crippen LogP contribution in [-0.2, 0) is 4.79 Å². The lowest BCUT2D eigenvalue weighted by Crippen LogP contribution is -2.52. The number of hydrogen-bond donors (Lipinski definition) is 1. The molecule has 19 heavy (non-hydrogen) atoms. The normalized spacial score (nSPS) is 23.9. The van der Waals surface area contributed by atoms with Gasteiger partial charge < -0.3 is 19.6 Å². The largest absolute Gasteiger partial charge is 0.338 e. The van der Waals surface area contributed by atoms with Crippen molar-refractivity contribution in [3.63, 3.8) is 0 Å². The van der Waals surface area contributed by atoms with Crippen LogP contribution in [-0.4, -0.2) is 59.7 Å². The molecule has 1 N–H and O–H groups in total. The zero-order valence-corrected chi connectivity index (χ0v) is 11.1. The molecule has 1 aromatic heterocycles. The number of anilines is 1. The number of nitrogens with one attached hydrogen (secondary N) is 1. The van der Waals surface area contributed by atoms with Crippen LogP contribution in [0.4, 0.5) is 6.01 Å². The molecule has 2 aliphatic rings. The number of amides is 1. The summed E-state index contributed by atoms with van der Waals surface area (Å²) in [5.41, 5.74) is 0. The van der Waals surface area contributed by atoms with Crippen molar-refractivity contribution in [1.82, 2.24) is 20.4 Å². The van der Waals surface area contributed by atoms with E-state index >= 15 is 0 Å². The van der Waals surface area contributed by atoms with Crippen molar-refractivity contribution in [2.75, 3.05) is 37.6 Å². The molecule has 0 spiro atoms. The number of nitrogens with zero attached hydrogens (tertiary/aromatic N) is 4. The van der Waals surface area contributed by atoms with Gasteiger partial charge in [-0.1, -0.05) is 5.16 Å². The molecule has 3 heterocycles. The highest BCUT2D eigenvalue weighted by Gasteiger charge is 2.36. The molecular weight excluding hydrogens is 246 g/mol. The summed E-state index contributed by atoms with van der Waals surface area (Å²) in [5.74, 6) is 0.796. The summed E-state index contributed by atoms with van der Waals surface area (Å²) in [4.78, 5) is 20.7. The maximum absolute atomic E-state index is 12.6. The smallest absolute Gasteiger partial charge is 0.324 e. The predicted octanol–water partition coefficient (Wildman–Crippen LogP) is -0.221. The van der Waals surface area contributed by atoms with Gasteiger partial charge in [-0.25, -0.2) is 0 Å². The van der Waals surface area contributed by atoms with Crippen LogP contribution in [0.1, 0.15) is 18.7 Å². The van der Waals surface area contributed by atoms with E-state index in [0.717, 1.165) is 45.6 Å². The third-order valence-electron chi connectivity index (χ3n) is 3.73. The Bertz CT molecular complexity index is 455. The first-order valence-corrected chi connectivity index (χ1v) is 6.82. The van der Waals surface area contributed by atoms with Crippen molar-refractivity contribution < 1.29 is 9.32 Å². The van der Waals surface area contributed by atoms with Gasteiger partial charge in [0.1, 0.15) is 6.04 Å². The maximum Gasteiger partial charge on any atom is 0.324 e. The maximum atomic E-state index is 12.6. The van der Waals surface area contributed by atoms with E-state index in [0.29, 0.717) is 11.8 Å². The third-order valence-corrected chi connectivity index (χ3v) is 3.73. The van der Waals surface area contributed by atoms with Crippen LogP contribution in [0.25, 0.3) is 0 Å². The van der Waals surface area contributed by atoms with Gasteiger partial charge >= 0.3 is 6.01 Å². The quantitative estimate of drug-likeness (QED) is 0.797. The van der Waals surface area contributed by atoms with E-state index in [4.69, 9.17) is 4.52 Å². The van der Waals surface area contributed by atoms with Crippen molar-refractivity contribution in [3.05, 3.63) is 5.82 Å². The van der Waals surface area contributed by atoms with E-state index in [1.807, 2.05) is 9.80 Å². The Balaban J connectivity index is 1.73. The minimum absolute atomic E-state index is 0.141.